The summed E-state index contributed by atoms with van der Waals surface area (Å²) in [6, 6.07) is 18.7. The van der Waals surface area contributed by atoms with Crippen LogP contribution in [0.3, 0.4) is 0 Å². The van der Waals surface area contributed by atoms with Crippen LogP contribution in [0.1, 0.15) is 48.0 Å². The number of esters is 1. The van der Waals surface area contributed by atoms with Crippen molar-refractivity contribution in [3.05, 3.63) is 99.5 Å². The van der Waals surface area contributed by atoms with E-state index in [-0.39, 0.29) is 12.0 Å². The average Bonchev–Trinajstić information content (AvgIpc) is 2.89. The first kappa shape index (κ1) is 26.7. The van der Waals surface area contributed by atoms with E-state index in [1.165, 1.54) is 12.0 Å². The van der Waals surface area contributed by atoms with E-state index in [1.807, 2.05) is 69.3 Å². The number of H-pyrrole nitrogens is 1. The van der Waals surface area contributed by atoms with Gasteiger partial charge in [-0.25, -0.2) is 9.59 Å². The van der Waals surface area contributed by atoms with Crippen molar-refractivity contribution < 1.29 is 19.1 Å². The zero-order chi connectivity index (χ0) is 27.6. The molecule has 1 N–H and O–H groups in total. The molecule has 3 aromatic carbocycles. The summed E-state index contributed by atoms with van der Waals surface area (Å²) < 4.78 is 10.8. The summed E-state index contributed by atoms with van der Waals surface area (Å²) in [6.07, 6.45) is 1.10. The van der Waals surface area contributed by atoms with Crippen molar-refractivity contribution in [2.45, 2.75) is 46.8 Å². The molecule has 196 valence electrons. The van der Waals surface area contributed by atoms with E-state index in [0.29, 0.717) is 33.6 Å². The van der Waals surface area contributed by atoms with E-state index in [4.69, 9.17) is 9.47 Å². The number of pyridine rings is 1. The van der Waals surface area contributed by atoms with Crippen LogP contribution in [0.4, 0.5) is 10.5 Å². The number of hydrogen-bond donors (Lipinski definition) is 1. The molecule has 0 fully saturated rings. The van der Waals surface area contributed by atoms with Crippen molar-refractivity contribution in [3.8, 4) is 11.1 Å². The highest BCUT2D eigenvalue weighted by atomic mass is 16.6. The highest BCUT2D eigenvalue weighted by Gasteiger charge is 2.27. The molecule has 0 aliphatic carbocycles. The first-order valence-electron chi connectivity index (χ1n) is 12.4. The third kappa shape index (κ3) is 5.47. The molecule has 0 saturated heterocycles. The van der Waals surface area contributed by atoms with Crippen LogP contribution in [0.15, 0.2) is 71.7 Å². The molecular formula is C31H32N2O5. The van der Waals surface area contributed by atoms with E-state index in [1.54, 1.807) is 32.2 Å². The van der Waals surface area contributed by atoms with Crippen LogP contribution in [0.25, 0.3) is 21.9 Å². The Labute approximate surface area is 222 Å². The number of nitrogens with zero attached hydrogens (tertiary/aromatic N) is 1. The Kier molecular flexibility index (Phi) is 7.39. The first-order chi connectivity index (χ1) is 18.0. The summed E-state index contributed by atoms with van der Waals surface area (Å²) in [7, 11) is 1.35. The molecule has 4 rings (SSSR count). The van der Waals surface area contributed by atoms with Crippen molar-refractivity contribution in [3.63, 3.8) is 0 Å². The molecule has 0 saturated carbocycles. The van der Waals surface area contributed by atoms with Crippen LogP contribution in [-0.2, 0) is 16.0 Å². The summed E-state index contributed by atoms with van der Waals surface area (Å²) >= 11 is 0. The minimum absolute atomic E-state index is 0.0755. The van der Waals surface area contributed by atoms with E-state index >= 15 is 0 Å². The molecule has 4 aromatic rings. The van der Waals surface area contributed by atoms with E-state index < -0.39 is 17.7 Å². The standard InChI is InChI=1S/C31H32N2O5/c1-19-17-32-26(20(2)28(19)34)18-33(30(36)38-31(3,4)5)27-16-22(15-21-11-7-8-13-24(21)27)23-12-9-10-14-25(23)29(35)37-6/h7-17H,18H2,1-6H3,(H,32,34). The number of aromatic nitrogens is 1. The molecule has 0 bridgehead atoms. The number of aryl methyl sites for hydroxylation is 1. The van der Waals surface area contributed by atoms with E-state index in [0.717, 1.165) is 16.3 Å². The Morgan fingerprint density at radius 2 is 1.66 bits per heavy atom. The molecular weight excluding hydrogens is 480 g/mol. The molecule has 7 nitrogen and oxygen atoms in total. The van der Waals surface area contributed by atoms with Crippen LogP contribution in [0, 0.1) is 13.8 Å². The summed E-state index contributed by atoms with van der Waals surface area (Å²) in [5, 5.41) is 1.70. The van der Waals surface area contributed by atoms with Crippen molar-refractivity contribution in [1.29, 1.82) is 0 Å². The van der Waals surface area contributed by atoms with Gasteiger partial charge in [-0.05, 0) is 69.3 Å². The Morgan fingerprint density at radius 1 is 0.974 bits per heavy atom. The lowest BCUT2D eigenvalue weighted by atomic mass is 9.95. The Morgan fingerprint density at radius 3 is 2.37 bits per heavy atom. The second-order valence-electron chi connectivity index (χ2n) is 10.2. The predicted octanol–water partition coefficient (Wildman–Crippen LogP) is 6.54. The molecule has 38 heavy (non-hydrogen) atoms. The largest absolute Gasteiger partial charge is 0.465 e. The molecule has 7 heteroatoms. The molecule has 0 spiro atoms. The van der Waals surface area contributed by atoms with Gasteiger partial charge in [0.05, 0.1) is 24.9 Å². The van der Waals surface area contributed by atoms with Crippen molar-refractivity contribution in [2.75, 3.05) is 12.0 Å². The molecule has 0 radical (unpaired) electrons. The number of nitrogens with one attached hydrogen (secondary N) is 1. The molecule has 0 unspecified atom stereocenters. The van der Waals surface area contributed by atoms with Crippen LogP contribution < -0.4 is 10.3 Å². The molecule has 0 aliphatic rings. The lowest BCUT2D eigenvalue weighted by Gasteiger charge is -2.29. The number of rotatable bonds is 5. The number of hydrogen-bond acceptors (Lipinski definition) is 5. The number of ether oxygens (including phenoxy) is 2. The van der Waals surface area contributed by atoms with Gasteiger partial charge < -0.3 is 14.5 Å². The Bertz CT molecular complexity index is 1580. The smallest absolute Gasteiger partial charge is 0.415 e. The highest BCUT2D eigenvalue weighted by Crippen LogP contribution is 2.36. The Hall–Kier alpha value is -4.39. The lowest BCUT2D eigenvalue weighted by molar-refractivity contribution is 0.0573. The van der Waals surface area contributed by atoms with Gasteiger partial charge in [-0.3, -0.25) is 9.69 Å². The highest BCUT2D eigenvalue weighted by molar-refractivity contribution is 6.06. The summed E-state index contributed by atoms with van der Waals surface area (Å²) in [5.41, 5.74) is 3.35. The van der Waals surface area contributed by atoms with Gasteiger partial charge in [0.15, 0.2) is 5.43 Å². The first-order valence-corrected chi connectivity index (χ1v) is 12.4. The Balaban J connectivity index is 1.96. The number of carbonyl (C=O) groups is 2. The predicted molar refractivity (Wildman–Crippen MR) is 150 cm³/mol. The zero-order valence-corrected chi connectivity index (χ0v) is 22.5. The second kappa shape index (κ2) is 10.5. The van der Waals surface area contributed by atoms with Crippen LogP contribution in [0.5, 0.6) is 0 Å². The lowest BCUT2D eigenvalue weighted by Crippen LogP contribution is -2.37. The monoisotopic (exact) mass is 512 g/mol. The van der Waals surface area contributed by atoms with Gasteiger partial charge in [0, 0.05) is 28.4 Å². The molecule has 1 heterocycles. The maximum Gasteiger partial charge on any atom is 0.415 e. The minimum Gasteiger partial charge on any atom is -0.465 e. The molecule has 0 aliphatic heterocycles. The number of anilines is 1. The van der Waals surface area contributed by atoms with E-state index in [9.17, 15) is 14.4 Å². The number of carbonyl (C=O) groups excluding carboxylic acids is 2. The van der Waals surface area contributed by atoms with Crippen molar-refractivity contribution in [1.82, 2.24) is 4.98 Å². The van der Waals surface area contributed by atoms with Gasteiger partial charge >= 0.3 is 12.1 Å². The van der Waals surface area contributed by atoms with Crippen LogP contribution >= 0.6 is 0 Å². The average molecular weight is 513 g/mol. The van der Waals surface area contributed by atoms with Crippen molar-refractivity contribution in [2.24, 2.45) is 0 Å². The van der Waals surface area contributed by atoms with Gasteiger partial charge in [0.2, 0.25) is 0 Å². The second-order valence-corrected chi connectivity index (χ2v) is 10.2. The number of benzene rings is 3. The van der Waals surface area contributed by atoms with Gasteiger partial charge in [0.25, 0.3) is 0 Å². The molecule has 1 amide bonds. The van der Waals surface area contributed by atoms with Crippen LogP contribution in [0.2, 0.25) is 0 Å². The quantitative estimate of drug-likeness (QED) is 0.307. The van der Waals surface area contributed by atoms with Gasteiger partial charge in [0.1, 0.15) is 5.60 Å². The maximum atomic E-state index is 13.7. The molecule has 1 aromatic heterocycles. The van der Waals surface area contributed by atoms with Gasteiger partial charge in [-0.1, -0.05) is 42.5 Å². The fourth-order valence-corrected chi connectivity index (χ4v) is 4.38. The number of methoxy groups -OCH3 is 1. The third-order valence-corrected chi connectivity index (χ3v) is 6.32. The summed E-state index contributed by atoms with van der Waals surface area (Å²) in [6.45, 7) is 9.00. The number of fused-ring (bicyclic) bond motifs is 1. The van der Waals surface area contributed by atoms with Crippen molar-refractivity contribution >= 4 is 28.5 Å². The fourth-order valence-electron chi connectivity index (χ4n) is 4.38. The molecule has 0 atom stereocenters. The normalized spacial score (nSPS) is 11.3. The SMILES string of the molecule is COC(=O)c1ccccc1-c1cc(N(Cc2[nH]cc(C)c(=O)c2C)C(=O)OC(C)(C)C)c2ccccc2c1. The van der Waals surface area contributed by atoms with Crippen LogP contribution in [-0.4, -0.2) is 29.8 Å². The maximum absolute atomic E-state index is 13.7. The zero-order valence-electron chi connectivity index (χ0n) is 22.5. The topological polar surface area (TPSA) is 88.7 Å². The minimum atomic E-state index is -0.740. The summed E-state index contributed by atoms with van der Waals surface area (Å²) in [4.78, 5) is 43.6. The third-order valence-electron chi connectivity index (χ3n) is 6.32. The number of aromatic amines is 1. The summed E-state index contributed by atoms with van der Waals surface area (Å²) in [5.74, 6) is -0.452. The van der Waals surface area contributed by atoms with Gasteiger partial charge in [-0.2, -0.15) is 0 Å². The van der Waals surface area contributed by atoms with E-state index in [2.05, 4.69) is 4.98 Å². The fraction of sp³-hybridized carbons (Fsp3) is 0.258. The van der Waals surface area contributed by atoms with Gasteiger partial charge in [-0.15, -0.1) is 0 Å². The number of amides is 1.